The Morgan fingerprint density at radius 1 is 1.05 bits per heavy atom. The summed E-state index contributed by atoms with van der Waals surface area (Å²) in [7, 11) is -2.29. The van der Waals surface area contributed by atoms with Crippen molar-refractivity contribution in [3.8, 4) is 0 Å². The zero-order valence-electron chi connectivity index (χ0n) is 20.7. The van der Waals surface area contributed by atoms with E-state index >= 15 is 0 Å². The van der Waals surface area contributed by atoms with Crippen molar-refractivity contribution in [1.29, 1.82) is 0 Å². The molecule has 3 heterocycles. The van der Waals surface area contributed by atoms with Crippen LogP contribution in [0.2, 0.25) is 0 Å². The van der Waals surface area contributed by atoms with Gasteiger partial charge in [0.05, 0.1) is 33.8 Å². The number of guanidine groups is 1. The second kappa shape index (κ2) is 8.42. The van der Waals surface area contributed by atoms with Crippen LogP contribution >= 0.6 is 12.2 Å². The molecule has 0 N–H and O–H groups in total. The fraction of sp³-hybridized carbons (Fsp3) is 0.308. The first-order valence-corrected chi connectivity index (χ1v) is 13.5. The minimum atomic E-state index is -4.46. The highest BCUT2D eigenvalue weighted by molar-refractivity contribution is 7.91. The highest BCUT2D eigenvalue weighted by Crippen LogP contribution is 2.44. The average Bonchev–Trinajstić information content (AvgIpc) is 3.31. The molecule has 2 aromatic carbocycles. The fourth-order valence-electron chi connectivity index (χ4n) is 4.90. The molecule has 6 nitrogen and oxygen atoms in total. The van der Waals surface area contributed by atoms with E-state index in [1.165, 1.54) is 24.3 Å². The molecule has 0 fully saturated rings. The van der Waals surface area contributed by atoms with Gasteiger partial charge in [0.15, 0.2) is 5.03 Å². The molecule has 0 spiro atoms. The third-order valence-electron chi connectivity index (χ3n) is 6.65. The molecule has 0 unspecified atom stereocenters. The number of halogens is 3. The summed E-state index contributed by atoms with van der Waals surface area (Å²) in [5.41, 5.74) is 1.06. The number of aromatic nitrogens is 1. The quantitative estimate of drug-likeness (QED) is 0.418. The number of hydrogen-bond acceptors (Lipinski definition) is 5. The number of thiocarbonyl (C=S) groups is 1. The molecule has 0 saturated heterocycles. The molecule has 0 aliphatic carbocycles. The normalized spacial score (nSPS) is 17.1. The van der Waals surface area contributed by atoms with Crippen molar-refractivity contribution in [2.75, 3.05) is 18.5 Å². The Balaban J connectivity index is 1.75. The van der Waals surface area contributed by atoms with E-state index < -0.39 is 27.1 Å². The molecule has 0 amide bonds. The number of fused-ring (bicyclic) bond motifs is 3. The summed E-state index contributed by atoms with van der Waals surface area (Å²) in [6.45, 7) is 6.37. The summed E-state index contributed by atoms with van der Waals surface area (Å²) in [5, 5.41) is 0.0201. The van der Waals surface area contributed by atoms with Crippen molar-refractivity contribution >= 4 is 38.7 Å². The third-order valence-corrected chi connectivity index (χ3v) is 8.96. The number of aliphatic imine (C=N–C) groups is 1. The van der Waals surface area contributed by atoms with E-state index in [0.717, 1.165) is 12.1 Å². The SMILES string of the molecule is Cc1c2c(c(S(=O)(=O)c3ccccc3)n1Cc1ccc(C(F)(F)F)cc1)C(=S)N(C)C1=NC(C)(C)CN12. The predicted octanol–water partition coefficient (Wildman–Crippen LogP) is 5.27. The smallest absolute Gasteiger partial charge is 0.329 e. The van der Waals surface area contributed by atoms with Gasteiger partial charge in [-0.05, 0) is 50.6 Å². The first-order valence-electron chi connectivity index (χ1n) is 11.6. The lowest BCUT2D eigenvalue weighted by Crippen LogP contribution is -2.48. The highest BCUT2D eigenvalue weighted by atomic mass is 32.2. The van der Waals surface area contributed by atoms with E-state index in [0.29, 0.717) is 40.0 Å². The zero-order valence-corrected chi connectivity index (χ0v) is 22.3. The maximum atomic E-state index is 14.1. The van der Waals surface area contributed by atoms with Gasteiger partial charge in [0.2, 0.25) is 15.8 Å². The van der Waals surface area contributed by atoms with Gasteiger partial charge in [0.25, 0.3) is 0 Å². The maximum Gasteiger partial charge on any atom is 0.416 e. The lowest BCUT2D eigenvalue weighted by Gasteiger charge is -2.34. The molecular formula is C26H25F3N4O2S2. The van der Waals surface area contributed by atoms with Gasteiger partial charge in [0.1, 0.15) is 4.99 Å². The second-order valence-corrected chi connectivity index (χ2v) is 12.1. The number of benzene rings is 2. The molecule has 0 atom stereocenters. The predicted molar refractivity (Wildman–Crippen MR) is 140 cm³/mol. The van der Waals surface area contributed by atoms with Crippen molar-refractivity contribution in [2.45, 2.75) is 49.0 Å². The first kappa shape index (κ1) is 25.5. The average molecular weight is 547 g/mol. The van der Waals surface area contributed by atoms with Gasteiger partial charge in [0, 0.05) is 19.3 Å². The number of alkyl halides is 3. The molecule has 0 saturated carbocycles. The standard InChI is InChI=1S/C26H25F3N4O2S2/c1-16-21-20(22(36)31(4)24-30-25(2,3)15-33(21)24)23(37(34,35)19-8-6-5-7-9-19)32(16)14-17-10-12-18(13-11-17)26(27,28)29/h5-13H,14-15H2,1-4H3. The van der Waals surface area contributed by atoms with E-state index in [9.17, 15) is 21.6 Å². The number of nitrogens with zero attached hydrogens (tertiary/aromatic N) is 4. The van der Waals surface area contributed by atoms with Crippen LogP contribution in [0.1, 0.15) is 36.2 Å². The molecule has 1 aromatic heterocycles. The molecule has 11 heteroatoms. The third kappa shape index (κ3) is 4.14. The molecule has 194 valence electrons. The van der Waals surface area contributed by atoms with Crippen molar-refractivity contribution in [3.63, 3.8) is 0 Å². The van der Waals surface area contributed by atoms with Crippen molar-refractivity contribution in [3.05, 3.63) is 77.0 Å². The van der Waals surface area contributed by atoms with Crippen LogP contribution in [-0.2, 0) is 22.6 Å². The van der Waals surface area contributed by atoms with Gasteiger partial charge in [-0.25, -0.2) is 13.4 Å². The molecule has 0 radical (unpaired) electrons. The Labute approximate surface area is 218 Å². The number of sulfone groups is 1. The Morgan fingerprint density at radius 3 is 2.27 bits per heavy atom. The van der Waals surface area contributed by atoms with Crippen LogP contribution in [0.4, 0.5) is 18.9 Å². The van der Waals surface area contributed by atoms with Crippen molar-refractivity contribution < 1.29 is 21.6 Å². The van der Waals surface area contributed by atoms with Crippen LogP contribution in [0.5, 0.6) is 0 Å². The van der Waals surface area contributed by atoms with Gasteiger partial charge < -0.3 is 14.4 Å². The molecule has 5 rings (SSSR count). The summed E-state index contributed by atoms with van der Waals surface area (Å²) in [6, 6.07) is 12.8. The van der Waals surface area contributed by atoms with E-state index in [1.807, 2.05) is 25.7 Å². The van der Waals surface area contributed by atoms with Crippen molar-refractivity contribution in [1.82, 2.24) is 9.47 Å². The Hall–Kier alpha value is -3.18. The summed E-state index contributed by atoms with van der Waals surface area (Å²) in [6.07, 6.45) is -4.46. The largest absolute Gasteiger partial charge is 0.416 e. The highest BCUT2D eigenvalue weighted by Gasteiger charge is 2.45. The van der Waals surface area contributed by atoms with Crippen molar-refractivity contribution in [2.24, 2.45) is 4.99 Å². The van der Waals surface area contributed by atoms with E-state index in [-0.39, 0.29) is 16.5 Å². The van der Waals surface area contributed by atoms with Crippen LogP contribution in [0, 0.1) is 6.92 Å². The molecule has 37 heavy (non-hydrogen) atoms. The molecule has 3 aromatic rings. The van der Waals surface area contributed by atoms with Crippen LogP contribution < -0.4 is 4.90 Å². The Bertz CT molecular complexity index is 1540. The van der Waals surface area contributed by atoms with E-state index in [2.05, 4.69) is 0 Å². The molecule has 2 aliphatic rings. The minimum Gasteiger partial charge on any atom is -0.329 e. The number of hydrogen-bond donors (Lipinski definition) is 0. The van der Waals surface area contributed by atoms with E-state index in [1.54, 1.807) is 34.7 Å². The Morgan fingerprint density at radius 2 is 1.68 bits per heavy atom. The molecular weight excluding hydrogens is 521 g/mol. The molecule has 0 bridgehead atoms. The lowest BCUT2D eigenvalue weighted by molar-refractivity contribution is -0.137. The van der Waals surface area contributed by atoms with Gasteiger partial charge >= 0.3 is 6.18 Å². The van der Waals surface area contributed by atoms with Gasteiger partial charge in [-0.3, -0.25) is 0 Å². The summed E-state index contributed by atoms with van der Waals surface area (Å²) < 4.78 is 69.2. The number of anilines is 1. The van der Waals surface area contributed by atoms with Gasteiger partial charge in [-0.15, -0.1) is 0 Å². The van der Waals surface area contributed by atoms with Gasteiger partial charge in [-0.1, -0.05) is 42.5 Å². The topological polar surface area (TPSA) is 57.9 Å². The Kier molecular flexibility index (Phi) is 5.80. The zero-order chi connectivity index (χ0) is 26.9. The minimum absolute atomic E-state index is 0.0201. The first-order chi connectivity index (χ1) is 17.2. The summed E-state index contributed by atoms with van der Waals surface area (Å²) in [5.74, 6) is 0.640. The molecule has 2 aliphatic heterocycles. The van der Waals surface area contributed by atoms with Crippen LogP contribution in [0.3, 0.4) is 0 Å². The number of rotatable bonds is 4. The fourth-order valence-corrected chi connectivity index (χ4v) is 6.93. The summed E-state index contributed by atoms with van der Waals surface area (Å²) >= 11 is 5.80. The van der Waals surface area contributed by atoms with Crippen LogP contribution in [0.25, 0.3) is 0 Å². The second-order valence-electron chi connectivity index (χ2n) is 9.89. The van der Waals surface area contributed by atoms with E-state index in [4.69, 9.17) is 17.2 Å². The monoisotopic (exact) mass is 546 g/mol. The maximum absolute atomic E-state index is 14.1. The lowest BCUT2D eigenvalue weighted by atomic mass is 10.1. The summed E-state index contributed by atoms with van der Waals surface area (Å²) in [4.78, 5) is 8.94. The van der Waals surface area contributed by atoms with Crippen LogP contribution in [-0.4, -0.2) is 48.0 Å². The van der Waals surface area contributed by atoms with Gasteiger partial charge in [-0.2, -0.15) is 13.2 Å². The van der Waals surface area contributed by atoms with Crippen LogP contribution in [0.15, 0.2) is 69.5 Å².